The molecule has 0 radical (unpaired) electrons. The maximum absolute atomic E-state index is 5.97. The zero-order chi connectivity index (χ0) is 19.0. The zero-order valence-corrected chi connectivity index (χ0v) is 19.9. The van der Waals surface area contributed by atoms with Crippen LogP contribution in [0, 0.1) is 5.41 Å². The summed E-state index contributed by atoms with van der Waals surface area (Å²) < 4.78 is 8.05. The van der Waals surface area contributed by atoms with E-state index in [2.05, 4.69) is 51.2 Å². The van der Waals surface area contributed by atoms with Crippen LogP contribution in [0.2, 0.25) is 0 Å². The van der Waals surface area contributed by atoms with E-state index in [-0.39, 0.29) is 24.0 Å². The first kappa shape index (κ1) is 21.8. The van der Waals surface area contributed by atoms with Gasteiger partial charge < -0.3 is 15.4 Å². The fourth-order valence-electron chi connectivity index (χ4n) is 4.86. The van der Waals surface area contributed by atoms with E-state index in [0.29, 0.717) is 29.5 Å². The van der Waals surface area contributed by atoms with Gasteiger partial charge in [-0.05, 0) is 32.6 Å². The van der Waals surface area contributed by atoms with Crippen molar-refractivity contribution in [1.29, 1.82) is 0 Å². The normalized spacial score (nSPS) is 28.2. The predicted octanol–water partition coefficient (Wildman–Crippen LogP) is 2.85. The minimum absolute atomic E-state index is 0. The van der Waals surface area contributed by atoms with E-state index in [1.54, 1.807) is 0 Å². The molecular weight excluding hydrogens is 467 g/mol. The Labute approximate surface area is 185 Å². The van der Waals surface area contributed by atoms with E-state index >= 15 is 0 Å². The number of hydrogen-bond acceptors (Lipinski definition) is 4. The molecule has 3 unspecified atom stereocenters. The third kappa shape index (κ3) is 3.91. The summed E-state index contributed by atoms with van der Waals surface area (Å²) in [5.74, 6) is 3.36. The molecule has 0 bridgehead atoms. The monoisotopic (exact) mass is 502 g/mol. The number of nitrogens with one attached hydrogen (secondary N) is 2. The minimum atomic E-state index is 0. The van der Waals surface area contributed by atoms with Gasteiger partial charge in [0.15, 0.2) is 11.8 Å². The first-order valence-electron chi connectivity index (χ1n) is 10.6. The van der Waals surface area contributed by atoms with Crippen LogP contribution in [-0.2, 0) is 17.7 Å². The number of aryl methyl sites for hydroxylation is 1. The quantitative estimate of drug-likeness (QED) is 0.368. The SMILES string of the molecule is CCOC1CC(NC(=NC)NC2CCc3nc(C(C)C)nn3C2)C12CCC2.I. The summed E-state index contributed by atoms with van der Waals surface area (Å²) >= 11 is 0. The highest BCUT2D eigenvalue weighted by molar-refractivity contribution is 14.0. The molecule has 8 heteroatoms. The lowest BCUT2D eigenvalue weighted by Gasteiger charge is -2.61. The second-order valence-corrected chi connectivity index (χ2v) is 8.64. The molecule has 2 heterocycles. The Morgan fingerprint density at radius 3 is 2.75 bits per heavy atom. The predicted molar refractivity (Wildman–Crippen MR) is 121 cm³/mol. The average Bonchev–Trinajstić information content (AvgIpc) is 3.02. The minimum Gasteiger partial charge on any atom is -0.378 e. The summed E-state index contributed by atoms with van der Waals surface area (Å²) in [6.07, 6.45) is 7.41. The third-order valence-corrected chi connectivity index (χ3v) is 6.70. The highest BCUT2D eigenvalue weighted by atomic mass is 127. The van der Waals surface area contributed by atoms with Crippen LogP contribution in [-0.4, -0.2) is 52.6 Å². The van der Waals surface area contributed by atoms with Crippen LogP contribution in [0.4, 0.5) is 0 Å². The molecule has 1 aromatic rings. The van der Waals surface area contributed by atoms with Crippen LogP contribution in [0.15, 0.2) is 4.99 Å². The van der Waals surface area contributed by atoms with Gasteiger partial charge in [-0.3, -0.25) is 4.99 Å². The van der Waals surface area contributed by atoms with Crippen molar-refractivity contribution in [3.8, 4) is 0 Å². The molecule has 2 saturated carbocycles. The Hall–Kier alpha value is -0.900. The van der Waals surface area contributed by atoms with Crippen LogP contribution in [0.3, 0.4) is 0 Å². The maximum atomic E-state index is 5.97. The summed E-state index contributed by atoms with van der Waals surface area (Å²) in [5, 5.41) is 12.0. The number of guanidine groups is 1. The first-order valence-corrected chi connectivity index (χ1v) is 10.6. The lowest BCUT2D eigenvalue weighted by atomic mass is 9.51. The molecular formula is C20H35IN6O. The van der Waals surface area contributed by atoms with Gasteiger partial charge in [-0.2, -0.15) is 5.10 Å². The topological polar surface area (TPSA) is 76.4 Å². The second-order valence-electron chi connectivity index (χ2n) is 8.64. The molecule has 2 N–H and O–H groups in total. The van der Waals surface area contributed by atoms with Crippen molar-refractivity contribution in [2.75, 3.05) is 13.7 Å². The van der Waals surface area contributed by atoms with Crippen molar-refractivity contribution in [1.82, 2.24) is 25.4 Å². The third-order valence-electron chi connectivity index (χ3n) is 6.70. The molecule has 2 fully saturated rings. The van der Waals surface area contributed by atoms with Crippen molar-refractivity contribution < 1.29 is 4.74 Å². The van der Waals surface area contributed by atoms with Gasteiger partial charge in [-0.25, -0.2) is 9.67 Å². The van der Waals surface area contributed by atoms with Crippen molar-refractivity contribution in [2.24, 2.45) is 10.4 Å². The molecule has 1 spiro atoms. The number of hydrogen-bond donors (Lipinski definition) is 2. The molecule has 7 nitrogen and oxygen atoms in total. The lowest BCUT2D eigenvalue weighted by molar-refractivity contribution is -0.168. The van der Waals surface area contributed by atoms with Crippen molar-refractivity contribution in [3.63, 3.8) is 0 Å². The lowest BCUT2D eigenvalue weighted by Crippen LogP contribution is -2.69. The fraction of sp³-hybridized carbons (Fsp3) is 0.850. The Morgan fingerprint density at radius 2 is 2.14 bits per heavy atom. The molecule has 1 aliphatic heterocycles. The van der Waals surface area contributed by atoms with Gasteiger partial charge in [0, 0.05) is 43.5 Å². The number of fused-ring (bicyclic) bond motifs is 1. The number of ether oxygens (including phenoxy) is 1. The molecule has 0 saturated heterocycles. The zero-order valence-electron chi connectivity index (χ0n) is 17.6. The van der Waals surface area contributed by atoms with Gasteiger partial charge in [0.1, 0.15) is 5.82 Å². The Kier molecular flexibility index (Phi) is 6.89. The molecule has 3 atom stereocenters. The van der Waals surface area contributed by atoms with E-state index in [0.717, 1.165) is 50.0 Å². The van der Waals surface area contributed by atoms with Gasteiger partial charge in [0.05, 0.1) is 12.6 Å². The summed E-state index contributed by atoms with van der Waals surface area (Å²) in [6.45, 7) is 8.06. The fourth-order valence-corrected chi connectivity index (χ4v) is 4.86. The van der Waals surface area contributed by atoms with E-state index in [1.165, 1.54) is 19.3 Å². The van der Waals surface area contributed by atoms with Crippen LogP contribution < -0.4 is 10.6 Å². The van der Waals surface area contributed by atoms with Crippen molar-refractivity contribution in [3.05, 3.63) is 11.6 Å². The van der Waals surface area contributed by atoms with Crippen LogP contribution in [0.25, 0.3) is 0 Å². The highest BCUT2D eigenvalue weighted by Crippen LogP contribution is 2.57. The highest BCUT2D eigenvalue weighted by Gasteiger charge is 2.59. The number of nitrogens with zero attached hydrogens (tertiary/aromatic N) is 4. The Morgan fingerprint density at radius 1 is 1.36 bits per heavy atom. The van der Waals surface area contributed by atoms with Gasteiger partial charge >= 0.3 is 0 Å². The summed E-state index contributed by atoms with van der Waals surface area (Å²) in [4.78, 5) is 9.18. The second kappa shape index (κ2) is 8.85. The number of halogens is 1. The molecule has 3 aliphatic rings. The van der Waals surface area contributed by atoms with Gasteiger partial charge in [0.25, 0.3) is 0 Å². The van der Waals surface area contributed by atoms with Crippen molar-refractivity contribution in [2.45, 2.75) is 89.9 Å². The summed E-state index contributed by atoms with van der Waals surface area (Å²) in [7, 11) is 1.86. The summed E-state index contributed by atoms with van der Waals surface area (Å²) in [6, 6.07) is 0.817. The molecule has 158 valence electrons. The molecule has 1 aromatic heterocycles. The van der Waals surface area contributed by atoms with Gasteiger partial charge in [-0.1, -0.05) is 20.3 Å². The van der Waals surface area contributed by atoms with Crippen LogP contribution in [0.1, 0.15) is 70.4 Å². The van der Waals surface area contributed by atoms with Crippen LogP contribution in [0.5, 0.6) is 0 Å². The molecule has 0 aromatic carbocycles. The largest absolute Gasteiger partial charge is 0.378 e. The Bertz CT molecular complexity index is 699. The average molecular weight is 502 g/mol. The smallest absolute Gasteiger partial charge is 0.191 e. The molecule has 28 heavy (non-hydrogen) atoms. The number of aliphatic imine (C=N–C) groups is 1. The maximum Gasteiger partial charge on any atom is 0.191 e. The standard InChI is InChI=1S/C20H34N6O.HI/c1-5-27-16-11-15(20(16)9-6-10-20)23-19(21-4)22-14-7-8-17-24-18(13(2)3)25-26(17)12-14;/h13-16H,5-12H2,1-4H3,(H2,21,22,23);1H. The molecule has 0 amide bonds. The number of aromatic nitrogens is 3. The van der Waals surface area contributed by atoms with Gasteiger partial charge in [-0.15, -0.1) is 24.0 Å². The molecule has 2 aliphatic carbocycles. The number of rotatable bonds is 5. The molecule has 4 rings (SSSR count). The van der Waals surface area contributed by atoms with Gasteiger partial charge in [0.2, 0.25) is 0 Å². The first-order chi connectivity index (χ1) is 13.1. The summed E-state index contributed by atoms with van der Waals surface area (Å²) in [5.41, 5.74) is 0.339. The van der Waals surface area contributed by atoms with Crippen LogP contribution >= 0.6 is 24.0 Å². The van der Waals surface area contributed by atoms with E-state index in [4.69, 9.17) is 4.74 Å². The van der Waals surface area contributed by atoms with E-state index in [9.17, 15) is 0 Å². The van der Waals surface area contributed by atoms with Crippen molar-refractivity contribution >= 4 is 29.9 Å². The van der Waals surface area contributed by atoms with E-state index in [1.807, 2.05) is 7.05 Å². The van der Waals surface area contributed by atoms with E-state index < -0.39 is 0 Å². The Balaban J connectivity index is 0.00000225.